The SMILES string of the molecule is CCC1(CC)c2cc(/C=C/c3ccc(-c4cc(-c5ccccc5)ccc4-c4cc5ccccc5o4)cc3)ccc2-c2ccc(N(c3ccccc3)c3ccccc3)cc21. The average molecular weight is 760 g/mol. The molecule has 0 saturated heterocycles. The monoisotopic (exact) mass is 759 g/mol. The van der Waals surface area contributed by atoms with Gasteiger partial charge in [-0.05, 0) is 129 Å². The summed E-state index contributed by atoms with van der Waals surface area (Å²) in [5.41, 5.74) is 18.0. The van der Waals surface area contributed by atoms with Gasteiger partial charge in [-0.15, -0.1) is 0 Å². The molecule has 0 aliphatic heterocycles. The summed E-state index contributed by atoms with van der Waals surface area (Å²) in [7, 11) is 0. The van der Waals surface area contributed by atoms with Crippen LogP contribution in [-0.4, -0.2) is 0 Å². The molecule has 0 N–H and O–H groups in total. The van der Waals surface area contributed by atoms with Gasteiger partial charge in [-0.3, -0.25) is 0 Å². The minimum Gasteiger partial charge on any atom is -0.456 e. The van der Waals surface area contributed by atoms with Gasteiger partial charge in [-0.1, -0.05) is 166 Å². The summed E-state index contributed by atoms with van der Waals surface area (Å²) in [6.07, 6.45) is 6.56. The predicted octanol–water partition coefficient (Wildman–Crippen LogP) is 16.2. The van der Waals surface area contributed by atoms with E-state index in [1.165, 1.54) is 44.6 Å². The van der Waals surface area contributed by atoms with Gasteiger partial charge in [0.25, 0.3) is 0 Å². The highest BCUT2D eigenvalue weighted by Crippen LogP contribution is 2.54. The van der Waals surface area contributed by atoms with Crippen LogP contribution in [-0.2, 0) is 5.41 Å². The second-order valence-corrected chi connectivity index (χ2v) is 15.6. The van der Waals surface area contributed by atoms with Gasteiger partial charge in [0.15, 0.2) is 0 Å². The minimum absolute atomic E-state index is 0.0724. The number of furan rings is 1. The molecular formula is C57H45NO. The molecule has 59 heavy (non-hydrogen) atoms. The molecule has 0 saturated carbocycles. The Morgan fingerprint density at radius 1 is 0.424 bits per heavy atom. The van der Waals surface area contributed by atoms with Gasteiger partial charge in [0, 0.05) is 33.4 Å². The smallest absolute Gasteiger partial charge is 0.136 e. The molecule has 1 aromatic heterocycles. The Morgan fingerprint density at radius 3 is 1.66 bits per heavy atom. The first-order valence-electron chi connectivity index (χ1n) is 20.8. The highest BCUT2D eigenvalue weighted by atomic mass is 16.3. The number of hydrogen-bond acceptors (Lipinski definition) is 2. The second-order valence-electron chi connectivity index (χ2n) is 15.6. The third kappa shape index (κ3) is 6.57. The Bertz CT molecular complexity index is 2860. The molecule has 8 aromatic carbocycles. The Labute approximate surface area is 347 Å². The molecule has 1 aliphatic rings. The van der Waals surface area contributed by atoms with E-state index in [-0.39, 0.29) is 5.41 Å². The summed E-state index contributed by atoms with van der Waals surface area (Å²) in [6, 6.07) is 72.1. The van der Waals surface area contributed by atoms with Crippen LogP contribution in [0.15, 0.2) is 205 Å². The molecule has 1 heterocycles. The van der Waals surface area contributed by atoms with E-state index in [9.17, 15) is 0 Å². The Kier molecular flexibility index (Phi) is 9.39. The van der Waals surface area contributed by atoms with Crippen LogP contribution in [0.4, 0.5) is 17.1 Å². The quantitative estimate of drug-likeness (QED) is 0.129. The van der Waals surface area contributed by atoms with Crippen molar-refractivity contribution in [2.24, 2.45) is 0 Å². The highest BCUT2D eigenvalue weighted by molar-refractivity contribution is 5.91. The van der Waals surface area contributed by atoms with E-state index in [4.69, 9.17) is 4.42 Å². The second kappa shape index (κ2) is 15.3. The van der Waals surface area contributed by atoms with E-state index in [0.717, 1.165) is 63.2 Å². The molecule has 0 bridgehead atoms. The molecule has 0 unspecified atom stereocenters. The van der Waals surface area contributed by atoms with E-state index < -0.39 is 0 Å². The van der Waals surface area contributed by atoms with Crippen LogP contribution < -0.4 is 4.90 Å². The lowest BCUT2D eigenvalue weighted by atomic mass is 9.73. The fraction of sp³-hybridized carbons (Fsp3) is 0.0877. The predicted molar refractivity (Wildman–Crippen MR) is 249 cm³/mol. The van der Waals surface area contributed by atoms with Gasteiger partial charge in [0.05, 0.1) is 0 Å². The van der Waals surface area contributed by atoms with Gasteiger partial charge < -0.3 is 9.32 Å². The van der Waals surface area contributed by atoms with Crippen LogP contribution in [0.2, 0.25) is 0 Å². The third-order valence-corrected chi connectivity index (χ3v) is 12.4. The summed E-state index contributed by atoms with van der Waals surface area (Å²) in [5.74, 6) is 0.875. The summed E-state index contributed by atoms with van der Waals surface area (Å²) in [6.45, 7) is 4.70. The first kappa shape index (κ1) is 36.2. The molecule has 0 fully saturated rings. The average Bonchev–Trinajstić information content (AvgIpc) is 3.86. The lowest BCUT2D eigenvalue weighted by molar-refractivity contribution is 0.490. The maximum atomic E-state index is 6.40. The van der Waals surface area contributed by atoms with Gasteiger partial charge in [0.1, 0.15) is 11.3 Å². The largest absolute Gasteiger partial charge is 0.456 e. The van der Waals surface area contributed by atoms with E-state index >= 15 is 0 Å². The molecule has 0 amide bonds. The maximum absolute atomic E-state index is 6.40. The molecule has 0 atom stereocenters. The number of fused-ring (bicyclic) bond motifs is 4. The van der Waals surface area contributed by atoms with Crippen LogP contribution in [0.3, 0.4) is 0 Å². The third-order valence-electron chi connectivity index (χ3n) is 12.4. The summed E-state index contributed by atoms with van der Waals surface area (Å²) < 4.78 is 6.40. The van der Waals surface area contributed by atoms with E-state index in [1.807, 2.05) is 12.1 Å². The zero-order chi connectivity index (χ0) is 39.8. The number of benzene rings is 8. The van der Waals surface area contributed by atoms with Crippen LogP contribution in [0.5, 0.6) is 0 Å². The van der Waals surface area contributed by atoms with E-state index in [2.05, 4.69) is 219 Å². The molecule has 2 heteroatoms. The van der Waals surface area contributed by atoms with Crippen molar-refractivity contribution in [3.05, 3.63) is 222 Å². The van der Waals surface area contributed by atoms with Crippen molar-refractivity contribution in [1.29, 1.82) is 0 Å². The van der Waals surface area contributed by atoms with Gasteiger partial charge in [-0.2, -0.15) is 0 Å². The molecular weight excluding hydrogens is 715 g/mol. The molecule has 0 spiro atoms. The first-order chi connectivity index (χ1) is 29.1. The molecule has 1 aliphatic carbocycles. The van der Waals surface area contributed by atoms with Crippen molar-refractivity contribution in [2.45, 2.75) is 32.1 Å². The summed E-state index contributed by atoms with van der Waals surface area (Å²) in [5, 5.41) is 1.11. The number of nitrogens with zero attached hydrogens (tertiary/aromatic N) is 1. The fourth-order valence-corrected chi connectivity index (χ4v) is 9.25. The van der Waals surface area contributed by atoms with Crippen LogP contribution in [0, 0.1) is 0 Å². The van der Waals surface area contributed by atoms with Crippen molar-refractivity contribution < 1.29 is 4.42 Å². The molecule has 9 aromatic rings. The minimum atomic E-state index is -0.0724. The Morgan fingerprint density at radius 2 is 0.983 bits per heavy atom. The fourth-order valence-electron chi connectivity index (χ4n) is 9.25. The zero-order valence-electron chi connectivity index (χ0n) is 33.5. The lowest BCUT2D eigenvalue weighted by Crippen LogP contribution is -2.23. The molecule has 0 radical (unpaired) electrons. The van der Waals surface area contributed by atoms with E-state index in [1.54, 1.807) is 0 Å². The van der Waals surface area contributed by atoms with Crippen LogP contribution in [0.25, 0.3) is 67.8 Å². The molecule has 10 rings (SSSR count). The lowest BCUT2D eigenvalue weighted by Gasteiger charge is -2.32. The molecule has 2 nitrogen and oxygen atoms in total. The van der Waals surface area contributed by atoms with Gasteiger partial charge >= 0.3 is 0 Å². The van der Waals surface area contributed by atoms with E-state index in [0.29, 0.717) is 0 Å². The standard InChI is InChI=1S/C57H45NO/c1-3-57(4-2)53-36-41(28-33-49(53)50-35-32-48(39-54(50)57)58(46-19-10-6-11-20-46)47-21-12-7-13-22-47)25-24-40-26-29-43(30-27-40)52-37-44(42-16-8-5-9-17-42)31-34-51(52)56-38-45-18-14-15-23-55(45)59-56/h5-39H,3-4H2,1-2H3/b25-24+. The topological polar surface area (TPSA) is 16.4 Å². The van der Waals surface area contributed by atoms with Gasteiger partial charge in [0.2, 0.25) is 0 Å². The number of anilines is 3. The van der Waals surface area contributed by atoms with Crippen molar-refractivity contribution in [3.8, 4) is 44.7 Å². The highest BCUT2D eigenvalue weighted by Gasteiger charge is 2.41. The zero-order valence-corrected chi connectivity index (χ0v) is 33.5. The summed E-state index contributed by atoms with van der Waals surface area (Å²) >= 11 is 0. The summed E-state index contributed by atoms with van der Waals surface area (Å²) in [4.78, 5) is 2.37. The Balaban J connectivity index is 0.969. The van der Waals surface area contributed by atoms with Crippen molar-refractivity contribution in [2.75, 3.05) is 4.90 Å². The van der Waals surface area contributed by atoms with Crippen LogP contribution in [0.1, 0.15) is 48.9 Å². The maximum Gasteiger partial charge on any atom is 0.136 e. The van der Waals surface area contributed by atoms with Crippen molar-refractivity contribution in [3.63, 3.8) is 0 Å². The number of hydrogen-bond donors (Lipinski definition) is 0. The van der Waals surface area contributed by atoms with Crippen LogP contribution >= 0.6 is 0 Å². The van der Waals surface area contributed by atoms with Gasteiger partial charge in [-0.25, -0.2) is 0 Å². The normalized spacial score (nSPS) is 12.8. The van der Waals surface area contributed by atoms with Crippen molar-refractivity contribution in [1.82, 2.24) is 0 Å². The first-order valence-corrected chi connectivity index (χ1v) is 20.8. The Hall–Kier alpha value is -7.16. The number of rotatable bonds is 10. The molecule has 284 valence electrons. The van der Waals surface area contributed by atoms with Crippen molar-refractivity contribution >= 4 is 40.2 Å². The number of para-hydroxylation sites is 3.